The molecular weight excluding hydrogens is 360 g/mol. The first-order valence-corrected chi connectivity index (χ1v) is 9.39. The van der Waals surface area contributed by atoms with E-state index in [9.17, 15) is 5.11 Å². The second-order valence-corrected chi connectivity index (χ2v) is 7.12. The number of ether oxygens (including phenoxy) is 2. The number of aliphatic hydroxyl groups is 1. The van der Waals surface area contributed by atoms with Crippen molar-refractivity contribution >= 4 is 34.4 Å². The van der Waals surface area contributed by atoms with Gasteiger partial charge in [0.15, 0.2) is 11.5 Å². The van der Waals surface area contributed by atoms with E-state index in [-0.39, 0.29) is 6.61 Å². The smallest absolute Gasteiger partial charge is 0.162 e. The SMILES string of the molecule is OCCn1c(CSc2ccc3c(c2)OCCO3)nc2ccc(Cl)cc21. The maximum Gasteiger partial charge on any atom is 0.162 e. The molecule has 4 rings (SSSR count). The largest absolute Gasteiger partial charge is 0.486 e. The molecule has 5 nitrogen and oxygen atoms in total. The van der Waals surface area contributed by atoms with E-state index >= 15 is 0 Å². The predicted octanol–water partition coefficient (Wildman–Crippen LogP) is 3.75. The van der Waals surface area contributed by atoms with Crippen LogP contribution in [0.25, 0.3) is 11.0 Å². The molecule has 1 N–H and O–H groups in total. The minimum Gasteiger partial charge on any atom is -0.486 e. The second kappa shape index (κ2) is 7.15. The van der Waals surface area contributed by atoms with E-state index in [1.165, 1.54) is 0 Å². The summed E-state index contributed by atoms with van der Waals surface area (Å²) in [5, 5.41) is 10.1. The Labute approximate surface area is 154 Å². The zero-order chi connectivity index (χ0) is 17.2. The van der Waals surface area contributed by atoms with Crippen molar-refractivity contribution in [3.8, 4) is 11.5 Å². The minimum atomic E-state index is 0.0552. The number of halogens is 1. The number of fused-ring (bicyclic) bond motifs is 2. The van der Waals surface area contributed by atoms with Gasteiger partial charge in [0.25, 0.3) is 0 Å². The zero-order valence-electron chi connectivity index (χ0n) is 13.4. The van der Waals surface area contributed by atoms with E-state index in [0.717, 1.165) is 33.3 Å². The van der Waals surface area contributed by atoms with Gasteiger partial charge in [-0.3, -0.25) is 0 Å². The van der Waals surface area contributed by atoms with Gasteiger partial charge in [0, 0.05) is 16.5 Å². The Balaban J connectivity index is 1.59. The van der Waals surface area contributed by atoms with Crippen LogP contribution in [0.2, 0.25) is 5.02 Å². The summed E-state index contributed by atoms with van der Waals surface area (Å²) in [6.45, 7) is 1.72. The molecule has 0 radical (unpaired) electrons. The van der Waals surface area contributed by atoms with Gasteiger partial charge in [-0.2, -0.15) is 0 Å². The second-order valence-electron chi connectivity index (χ2n) is 5.63. The molecule has 0 spiro atoms. The van der Waals surface area contributed by atoms with Gasteiger partial charge in [0.05, 0.1) is 23.4 Å². The van der Waals surface area contributed by atoms with Gasteiger partial charge in [-0.25, -0.2) is 4.98 Å². The average Bonchev–Trinajstić information content (AvgIpc) is 2.97. The Morgan fingerprint density at radius 2 is 1.96 bits per heavy atom. The molecule has 1 aromatic heterocycles. The maximum absolute atomic E-state index is 9.39. The number of benzene rings is 2. The van der Waals surface area contributed by atoms with Crippen molar-refractivity contribution < 1.29 is 14.6 Å². The molecule has 0 bridgehead atoms. The number of thioether (sulfide) groups is 1. The summed E-state index contributed by atoms with van der Waals surface area (Å²) in [6.07, 6.45) is 0. The van der Waals surface area contributed by atoms with Gasteiger partial charge in [0.1, 0.15) is 19.0 Å². The van der Waals surface area contributed by atoms with Crippen LogP contribution < -0.4 is 9.47 Å². The van der Waals surface area contributed by atoms with Crippen LogP contribution in [0.4, 0.5) is 0 Å². The van der Waals surface area contributed by atoms with Gasteiger partial charge in [-0.15, -0.1) is 11.8 Å². The molecule has 0 saturated heterocycles. The molecule has 25 heavy (non-hydrogen) atoms. The van der Waals surface area contributed by atoms with Crippen LogP contribution in [-0.4, -0.2) is 34.5 Å². The Morgan fingerprint density at radius 3 is 2.80 bits per heavy atom. The first kappa shape index (κ1) is 16.6. The predicted molar refractivity (Wildman–Crippen MR) is 98.8 cm³/mol. The van der Waals surface area contributed by atoms with E-state index in [1.54, 1.807) is 11.8 Å². The lowest BCUT2D eigenvalue weighted by Crippen LogP contribution is -2.15. The molecule has 0 aliphatic carbocycles. The van der Waals surface area contributed by atoms with Gasteiger partial charge < -0.3 is 19.1 Å². The summed E-state index contributed by atoms with van der Waals surface area (Å²) in [6, 6.07) is 11.6. The molecule has 7 heteroatoms. The number of aromatic nitrogens is 2. The summed E-state index contributed by atoms with van der Waals surface area (Å²) < 4.78 is 13.2. The van der Waals surface area contributed by atoms with Crippen molar-refractivity contribution in [2.24, 2.45) is 0 Å². The normalized spacial score (nSPS) is 13.4. The standard InChI is InChI=1S/C18H17ClN2O3S/c19-12-1-3-14-15(9-12)21(5-6-22)18(20-14)11-25-13-2-4-16-17(10-13)24-8-7-23-16/h1-4,9-10,22H,5-8,11H2. The zero-order valence-corrected chi connectivity index (χ0v) is 15.0. The number of rotatable bonds is 5. The number of imidazole rings is 1. The van der Waals surface area contributed by atoms with Gasteiger partial charge in [0.2, 0.25) is 0 Å². The van der Waals surface area contributed by atoms with Crippen molar-refractivity contribution in [3.63, 3.8) is 0 Å². The molecule has 0 saturated carbocycles. The lowest BCUT2D eigenvalue weighted by molar-refractivity contribution is 0.171. The fourth-order valence-corrected chi connectivity index (χ4v) is 3.90. The van der Waals surface area contributed by atoms with Gasteiger partial charge >= 0.3 is 0 Å². The van der Waals surface area contributed by atoms with Gasteiger partial charge in [-0.1, -0.05) is 11.6 Å². The van der Waals surface area contributed by atoms with Crippen molar-refractivity contribution in [2.75, 3.05) is 19.8 Å². The summed E-state index contributed by atoms with van der Waals surface area (Å²) in [4.78, 5) is 5.78. The minimum absolute atomic E-state index is 0.0552. The molecule has 130 valence electrons. The molecule has 0 atom stereocenters. The Bertz CT molecular complexity index is 913. The highest BCUT2D eigenvalue weighted by molar-refractivity contribution is 7.98. The number of aliphatic hydroxyl groups excluding tert-OH is 1. The molecule has 0 amide bonds. The average molecular weight is 377 g/mol. The van der Waals surface area contributed by atoms with Crippen LogP contribution in [-0.2, 0) is 12.3 Å². The lowest BCUT2D eigenvalue weighted by Gasteiger charge is -2.18. The Morgan fingerprint density at radius 1 is 1.12 bits per heavy atom. The summed E-state index contributed by atoms with van der Waals surface area (Å²) in [5.74, 6) is 3.17. The number of hydrogen-bond acceptors (Lipinski definition) is 5. The maximum atomic E-state index is 9.39. The molecule has 1 aliphatic heterocycles. The van der Waals surface area contributed by atoms with Crippen molar-refractivity contribution in [1.82, 2.24) is 9.55 Å². The first-order valence-electron chi connectivity index (χ1n) is 8.02. The number of nitrogens with zero attached hydrogens (tertiary/aromatic N) is 2. The van der Waals surface area contributed by atoms with E-state index in [4.69, 9.17) is 26.1 Å². The van der Waals surface area contributed by atoms with Crippen molar-refractivity contribution in [3.05, 3.63) is 47.2 Å². The van der Waals surface area contributed by atoms with Crippen LogP contribution in [0, 0.1) is 0 Å². The Hall–Kier alpha value is -1.89. The van der Waals surface area contributed by atoms with Crippen LogP contribution in [0.1, 0.15) is 5.82 Å². The molecule has 0 fully saturated rings. The summed E-state index contributed by atoms with van der Waals surface area (Å²) in [7, 11) is 0. The summed E-state index contributed by atoms with van der Waals surface area (Å²) >= 11 is 7.78. The topological polar surface area (TPSA) is 56.5 Å². The highest BCUT2D eigenvalue weighted by Crippen LogP contribution is 2.35. The lowest BCUT2D eigenvalue weighted by atomic mass is 10.3. The monoisotopic (exact) mass is 376 g/mol. The van der Waals surface area contributed by atoms with Crippen LogP contribution in [0.3, 0.4) is 0 Å². The Kier molecular flexibility index (Phi) is 4.74. The van der Waals surface area contributed by atoms with Crippen molar-refractivity contribution in [1.29, 1.82) is 0 Å². The molecule has 1 aliphatic rings. The molecule has 2 aromatic carbocycles. The quantitative estimate of drug-likeness (QED) is 0.687. The number of hydrogen-bond donors (Lipinski definition) is 1. The fourth-order valence-electron chi connectivity index (χ4n) is 2.87. The highest BCUT2D eigenvalue weighted by atomic mass is 35.5. The van der Waals surface area contributed by atoms with E-state index < -0.39 is 0 Å². The highest BCUT2D eigenvalue weighted by Gasteiger charge is 2.14. The molecule has 2 heterocycles. The van der Waals surface area contributed by atoms with Crippen LogP contribution >= 0.6 is 23.4 Å². The van der Waals surface area contributed by atoms with E-state index in [1.807, 2.05) is 41.0 Å². The third kappa shape index (κ3) is 3.42. The van der Waals surface area contributed by atoms with Crippen molar-refractivity contribution in [2.45, 2.75) is 17.2 Å². The molecular formula is C18H17ClN2O3S. The fraction of sp³-hybridized carbons (Fsp3) is 0.278. The molecule has 3 aromatic rings. The third-order valence-corrected chi connectivity index (χ3v) is 5.22. The van der Waals surface area contributed by atoms with E-state index in [2.05, 4.69) is 0 Å². The first-order chi connectivity index (χ1) is 12.2. The van der Waals surface area contributed by atoms with Crippen LogP contribution in [0.5, 0.6) is 11.5 Å². The van der Waals surface area contributed by atoms with Crippen LogP contribution in [0.15, 0.2) is 41.3 Å². The summed E-state index contributed by atoms with van der Waals surface area (Å²) in [5.41, 5.74) is 1.83. The third-order valence-electron chi connectivity index (χ3n) is 3.99. The van der Waals surface area contributed by atoms with E-state index in [0.29, 0.717) is 30.5 Å². The van der Waals surface area contributed by atoms with Gasteiger partial charge in [-0.05, 0) is 36.4 Å². The molecule has 0 unspecified atom stereocenters.